The number of ether oxygens (including phenoxy) is 1. The highest BCUT2D eigenvalue weighted by molar-refractivity contribution is 5.81. The highest BCUT2D eigenvalue weighted by Crippen LogP contribution is 2.35. The summed E-state index contributed by atoms with van der Waals surface area (Å²) >= 11 is 0. The maximum atomic E-state index is 14.8. The van der Waals surface area contributed by atoms with E-state index in [0.29, 0.717) is 29.5 Å². The summed E-state index contributed by atoms with van der Waals surface area (Å²) in [5.74, 6) is -3.04. The minimum absolute atomic E-state index is 0.0166. The van der Waals surface area contributed by atoms with Crippen molar-refractivity contribution in [2.75, 3.05) is 7.11 Å². The average Bonchev–Trinajstić information content (AvgIpc) is 3.63. The average molecular weight is 538 g/mol. The summed E-state index contributed by atoms with van der Waals surface area (Å²) in [4.78, 5) is 20.5. The first-order valence-electron chi connectivity index (χ1n) is 12.0. The Morgan fingerprint density at radius 2 is 1.85 bits per heavy atom. The molecule has 2 heterocycles. The first-order valence-corrected chi connectivity index (χ1v) is 12.0. The van der Waals surface area contributed by atoms with Crippen LogP contribution in [0.1, 0.15) is 30.2 Å². The second kappa shape index (κ2) is 11.5. The summed E-state index contributed by atoms with van der Waals surface area (Å²) in [6, 6.07) is 13.9. The van der Waals surface area contributed by atoms with E-state index in [1.54, 1.807) is 31.2 Å². The van der Waals surface area contributed by atoms with Gasteiger partial charge >= 0.3 is 0 Å². The SMILES string of the molecule is CC(O)(c1cccc(CCC=O)c1)c1cnc(-c2cc(Oc3cc4cc[nH]c4c(F)c3F)ccc2F)[nH]1.CO. The molecule has 0 amide bonds. The zero-order chi connectivity index (χ0) is 28.2. The van der Waals surface area contributed by atoms with Crippen molar-refractivity contribution in [3.8, 4) is 22.9 Å². The van der Waals surface area contributed by atoms with E-state index in [-0.39, 0.29) is 28.4 Å². The zero-order valence-electron chi connectivity index (χ0n) is 21.1. The highest BCUT2D eigenvalue weighted by Gasteiger charge is 2.29. The molecule has 7 nitrogen and oxygen atoms in total. The van der Waals surface area contributed by atoms with Gasteiger partial charge < -0.3 is 29.7 Å². The molecule has 0 aliphatic carbocycles. The summed E-state index contributed by atoms with van der Waals surface area (Å²) in [7, 11) is 1.00. The van der Waals surface area contributed by atoms with E-state index < -0.39 is 23.1 Å². The van der Waals surface area contributed by atoms with Gasteiger partial charge in [-0.05, 0) is 54.8 Å². The number of nitrogens with one attached hydrogen (secondary N) is 2. The number of rotatable bonds is 8. The van der Waals surface area contributed by atoms with Crippen molar-refractivity contribution in [1.29, 1.82) is 0 Å². The Hall–Kier alpha value is -4.41. The molecule has 1 unspecified atom stereocenters. The number of H-pyrrole nitrogens is 2. The summed E-state index contributed by atoms with van der Waals surface area (Å²) < 4.78 is 49.2. The van der Waals surface area contributed by atoms with Gasteiger partial charge in [0.1, 0.15) is 29.3 Å². The maximum Gasteiger partial charge on any atom is 0.203 e. The fourth-order valence-electron chi connectivity index (χ4n) is 4.18. The molecule has 0 aliphatic rings. The third kappa shape index (κ3) is 5.57. The molecule has 2 aromatic heterocycles. The second-order valence-electron chi connectivity index (χ2n) is 8.81. The third-order valence-electron chi connectivity index (χ3n) is 6.26. The van der Waals surface area contributed by atoms with Crippen molar-refractivity contribution < 1.29 is 32.9 Å². The number of benzene rings is 3. The van der Waals surface area contributed by atoms with Crippen molar-refractivity contribution in [3.63, 3.8) is 0 Å². The third-order valence-corrected chi connectivity index (χ3v) is 6.26. The summed E-state index contributed by atoms with van der Waals surface area (Å²) in [5.41, 5.74) is 0.326. The molecule has 39 heavy (non-hydrogen) atoms. The van der Waals surface area contributed by atoms with Crippen LogP contribution in [0.4, 0.5) is 13.2 Å². The fourth-order valence-corrected chi connectivity index (χ4v) is 4.18. The lowest BCUT2D eigenvalue weighted by molar-refractivity contribution is -0.107. The standard InChI is InChI=1S/C28H22F3N3O3.CH4O/c1-28(36,18-6-2-4-16(12-18)5-3-11-35)23-15-33-27(34-23)20-14-19(7-8-21(20)29)37-22-13-17-9-10-32-26(17)25(31)24(22)30;1-2/h2,4,6-15,32,36H,3,5H2,1H3,(H,33,34);2H,1H3. The Morgan fingerprint density at radius 3 is 2.62 bits per heavy atom. The number of aromatic nitrogens is 3. The lowest BCUT2D eigenvalue weighted by Crippen LogP contribution is -2.23. The van der Waals surface area contributed by atoms with Crippen LogP contribution in [-0.2, 0) is 16.8 Å². The van der Waals surface area contributed by atoms with Crippen LogP contribution < -0.4 is 4.74 Å². The first kappa shape index (κ1) is 27.6. The van der Waals surface area contributed by atoms with Gasteiger partial charge in [0.15, 0.2) is 11.6 Å². The van der Waals surface area contributed by atoms with E-state index in [2.05, 4.69) is 15.0 Å². The predicted molar refractivity (Wildman–Crippen MR) is 140 cm³/mol. The molecule has 0 saturated carbocycles. The van der Waals surface area contributed by atoms with Crippen molar-refractivity contribution in [2.24, 2.45) is 0 Å². The number of halogens is 3. The smallest absolute Gasteiger partial charge is 0.203 e. The molecule has 5 rings (SSSR count). The van der Waals surface area contributed by atoms with Crippen LogP contribution in [0.15, 0.2) is 67.0 Å². The van der Waals surface area contributed by atoms with Gasteiger partial charge in [0.25, 0.3) is 0 Å². The van der Waals surface area contributed by atoms with Gasteiger partial charge in [0.2, 0.25) is 5.82 Å². The Morgan fingerprint density at radius 1 is 1.05 bits per heavy atom. The highest BCUT2D eigenvalue weighted by atomic mass is 19.2. The van der Waals surface area contributed by atoms with Crippen molar-refractivity contribution >= 4 is 17.2 Å². The fraction of sp³-hybridized carbons (Fsp3) is 0.172. The van der Waals surface area contributed by atoms with Crippen LogP contribution in [0, 0.1) is 17.5 Å². The van der Waals surface area contributed by atoms with Gasteiger partial charge in [-0.1, -0.05) is 24.3 Å². The van der Waals surface area contributed by atoms with E-state index in [0.717, 1.165) is 25.0 Å². The van der Waals surface area contributed by atoms with Crippen molar-refractivity contribution in [1.82, 2.24) is 15.0 Å². The normalized spacial score (nSPS) is 12.5. The number of aliphatic hydroxyl groups excluding tert-OH is 1. The predicted octanol–water partition coefficient (Wildman–Crippen LogP) is 5.76. The summed E-state index contributed by atoms with van der Waals surface area (Å²) in [6.07, 6.45) is 4.63. The lowest BCUT2D eigenvalue weighted by atomic mass is 9.91. The lowest BCUT2D eigenvalue weighted by Gasteiger charge is -2.23. The summed E-state index contributed by atoms with van der Waals surface area (Å²) in [6.45, 7) is 1.58. The largest absolute Gasteiger partial charge is 0.454 e. The minimum Gasteiger partial charge on any atom is -0.454 e. The summed E-state index contributed by atoms with van der Waals surface area (Å²) in [5, 5.41) is 18.7. The van der Waals surface area contributed by atoms with Gasteiger partial charge in [-0.2, -0.15) is 4.39 Å². The molecule has 5 aromatic rings. The first-order chi connectivity index (χ1) is 18.8. The molecule has 0 spiro atoms. The van der Waals surface area contributed by atoms with Crippen LogP contribution >= 0.6 is 0 Å². The Labute approximate surface area is 221 Å². The Bertz CT molecular complexity index is 1610. The molecule has 0 radical (unpaired) electrons. The molecule has 10 heteroatoms. The number of aryl methyl sites for hydroxylation is 1. The molecule has 1 atom stereocenters. The number of aldehydes is 1. The van der Waals surface area contributed by atoms with Crippen LogP contribution in [-0.4, -0.2) is 38.6 Å². The number of carbonyl (C=O) groups is 1. The Balaban J connectivity index is 0.00000172. The van der Waals surface area contributed by atoms with E-state index >= 15 is 0 Å². The van der Waals surface area contributed by atoms with Gasteiger partial charge in [0, 0.05) is 25.1 Å². The van der Waals surface area contributed by atoms with Gasteiger partial charge in [0.05, 0.1) is 23.0 Å². The van der Waals surface area contributed by atoms with E-state index in [9.17, 15) is 23.1 Å². The van der Waals surface area contributed by atoms with Crippen LogP contribution in [0.3, 0.4) is 0 Å². The number of fused-ring (bicyclic) bond motifs is 1. The monoisotopic (exact) mass is 537 g/mol. The topological polar surface area (TPSA) is 111 Å². The molecule has 0 bridgehead atoms. The molecule has 202 valence electrons. The van der Waals surface area contributed by atoms with E-state index in [1.807, 2.05) is 6.07 Å². The van der Waals surface area contributed by atoms with Crippen LogP contribution in [0.25, 0.3) is 22.3 Å². The second-order valence-corrected chi connectivity index (χ2v) is 8.81. The number of nitrogens with zero attached hydrogens (tertiary/aromatic N) is 1. The molecular weight excluding hydrogens is 511 g/mol. The van der Waals surface area contributed by atoms with Crippen molar-refractivity contribution in [2.45, 2.75) is 25.4 Å². The number of hydrogen-bond donors (Lipinski definition) is 4. The zero-order valence-corrected chi connectivity index (χ0v) is 21.1. The quantitative estimate of drug-likeness (QED) is 0.188. The number of carbonyl (C=O) groups excluding carboxylic acids is 1. The number of aromatic amines is 2. The Kier molecular flexibility index (Phi) is 8.18. The molecule has 0 saturated heterocycles. The molecule has 0 aliphatic heterocycles. The van der Waals surface area contributed by atoms with Gasteiger partial charge in [-0.25, -0.2) is 13.8 Å². The molecule has 0 fully saturated rings. The van der Waals surface area contributed by atoms with Crippen LogP contribution in [0.2, 0.25) is 0 Å². The van der Waals surface area contributed by atoms with Crippen molar-refractivity contribution in [3.05, 3.63) is 101 Å². The number of hydrogen-bond acceptors (Lipinski definition) is 5. The number of aliphatic hydroxyl groups is 2. The molecular formula is C29H26F3N3O4. The minimum atomic E-state index is -1.49. The van der Waals surface area contributed by atoms with E-state index in [4.69, 9.17) is 9.84 Å². The van der Waals surface area contributed by atoms with Crippen LogP contribution in [0.5, 0.6) is 11.5 Å². The van der Waals surface area contributed by atoms with E-state index in [1.165, 1.54) is 30.6 Å². The molecule has 3 aromatic carbocycles. The maximum absolute atomic E-state index is 14.8. The number of imidazole rings is 1. The van der Waals surface area contributed by atoms with Gasteiger partial charge in [-0.15, -0.1) is 0 Å². The molecule has 4 N–H and O–H groups in total. The van der Waals surface area contributed by atoms with Gasteiger partial charge in [-0.3, -0.25) is 0 Å².